The minimum atomic E-state index is -3.57. The molecule has 3 aromatic carbocycles. The van der Waals surface area contributed by atoms with Crippen LogP contribution in [0, 0.1) is 0 Å². The first-order chi connectivity index (χ1) is 17.4. The zero-order valence-corrected chi connectivity index (χ0v) is 22.2. The molecule has 0 aliphatic rings. The summed E-state index contributed by atoms with van der Waals surface area (Å²) in [6, 6.07) is 22.0. The number of hydrogen-bond donors (Lipinski definition) is 5. The van der Waals surface area contributed by atoms with Gasteiger partial charge in [-0.05, 0) is 54.7 Å². The first-order valence-corrected chi connectivity index (χ1v) is 13.9. The molecule has 9 heteroatoms. The smallest absolute Gasteiger partial charge is 0.229 e. The summed E-state index contributed by atoms with van der Waals surface area (Å²) in [7, 11) is -3.57. The summed E-state index contributed by atoms with van der Waals surface area (Å²) in [4.78, 5) is 12.4. The van der Waals surface area contributed by atoms with E-state index in [9.17, 15) is 23.4 Å². The standard InChI is InChI=1S/C28H35N3O5S/c1-28(2,30-19-26(33)23-12-13-25(32)24(16-23)31-37(3,35)36)17-22-11-7-10-21(14-22)15-27(34)29-18-20-8-5-4-6-9-20/h4-14,16,26,30-33H,15,17-19H2,1-3H3,(H,29,34)/t26-/m1/s1. The molecule has 37 heavy (non-hydrogen) atoms. The maximum absolute atomic E-state index is 12.4. The summed E-state index contributed by atoms with van der Waals surface area (Å²) in [6.07, 6.45) is 1.03. The third-order valence-electron chi connectivity index (χ3n) is 5.81. The molecule has 0 saturated carbocycles. The molecule has 0 aliphatic heterocycles. The van der Waals surface area contributed by atoms with Gasteiger partial charge in [-0.1, -0.05) is 60.7 Å². The van der Waals surface area contributed by atoms with Gasteiger partial charge in [0.25, 0.3) is 0 Å². The molecule has 3 aromatic rings. The molecule has 0 spiro atoms. The number of rotatable bonds is 12. The van der Waals surface area contributed by atoms with E-state index in [2.05, 4.69) is 15.4 Å². The van der Waals surface area contributed by atoms with Crippen LogP contribution in [0.1, 0.15) is 42.2 Å². The number of aromatic hydroxyl groups is 1. The van der Waals surface area contributed by atoms with Crippen molar-refractivity contribution in [2.45, 2.75) is 44.9 Å². The molecule has 1 amide bonds. The van der Waals surface area contributed by atoms with Crippen LogP contribution >= 0.6 is 0 Å². The van der Waals surface area contributed by atoms with Crippen molar-refractivity contribution in [3.63, 3.8) is 0 Å². The third-order valence-corrected chi connectivity index (χ3v) is 6.40. The lowest BCUT2D eigenvalue weighted by Gasteiger charge is -2.28. The van der Waals surface area contributed by atoms with E-state index in [0.29, 0.717) is 18.5 Å². The van der Waals surface area contributed by atoms with E-state index in [0.717, 1.165) is 22.9 Å². The maximum atomic E-state index is 12.4. The highest BCUT2D eigenvalue weighted by molar-refractivity contribution is 7.92. The van der Waals surface area contributed by atoms with Gasteiger partial charge in [0, 0.05) is 18.6 Å². The Morgan fingerprint density at radius 3 is 2.32 bits per heavy atom. The fourth-order valence-electron chi connectivity index (χ4n) is 4.00. The van der Waals surface area contributed by atoms with Crippen molar-refractivity contribution in [3.8, 4) is 5.75 Å². The number of sulfonamides is 1. The van der Waals surface area contributed by atoms with Gasteiger partial charge < -0.3 is 20.8 Å². The van der Waals surface area contributed by atoms with Gasteiger partial charge in [0.2, 0.25) is 15.9 Å². The molecular weight excluding hydrogens is 490 g/mol. The Bertz CT molecular complexity index is 1310. The quantitative estimate of drug-likeness (QED) is 0.231. The largest absolute Gasteiger partial charge is 0.506 e. The fraction of sp³-hybridized carbons (Fsp3) is 0.321. The Morgan fingerprint density at radius 1 is 0.946 bits per heavy atom. The van der Waals surface area contributed by atoms with Crippen molar-refractivity contribution in [2.24, 2.45) is 0 Å². The van der Waals surface area contributed by atoms with Crippen LogP contribution in [0.4, 0.5) is 5.69 Å². The molecule has 0 aromatic heterocycles. The fourth-order valence-corrected chi connectivity index (χ4v) is 4.56. The second kappa shape index (κ2) is 12.2. The van der Waals surface area contributed by atoms with E-state index >= 15 is 0 Å². The topological polar surface area (TPSA) is 128 Å². The minimum absolute atomic E-state index is 0.0166. The van der Waals surface area contributed by atoms with Gasteiger partial charge >= 0.3 is 0 Å². The monoisotopic (exact) mass is 525 g/mol. The van der Waals surface area contributed by atoms with Crippen molar-refractivity contribution >= 4 is 21.6 Å². The molecular formula is C28H35N3O5S. The lowest BCUT2D eigenvalue weighted by Crippen LogP contribution is -2.43. The van der Waals surface area contributed by atoms with Crippen LogP contribution in [0.25, 0.3) is 0 Å². The number of nitrogens with one attached hydrogen (secondary N) is 3. The number of aliphatic hydroxyl groups is 1. The Morgan fingerprint density at radius 2 is 1.62 bits per heavy atom. The summed E-state index contributed by atoms with van der Waals surface area (Å²) >= 11 is 0. The van der Waals surface area contributed by atoms with Crippen molar-refractivity contribution in [3.05, 3.63) is 95.1 Å². The second-order valence-electron chi connectivity index (χ2n) is 9.87. The van der Waals surface area contributed by atoms with E-state index in [1.54, 1.807) is 6.07 Å². The predicted molar refractivity (Wildman–Crippen MR) is 146 cm³/mol. The highest BCUT2D eigenvalue weighted by Gasteiger charge is 2.21. The number of hydrogen-bond acceptors (Lipinski definition) is 6. The van der Waals surface area contributed by atoms with Gasteiger partial charge in [-0.2, -0.15) is 0 Å². The number of anilines is 1. The van der Waals surface area contributed by atoms with Crippen LogP contribution < -0.4 is 15.4 Å². The highest BCUT2D eigenvalue weighted by Crippen LogP contribution is 2.28. The molecule has 0 radical (unpaired) electrons. The van der Waals surface area contributed by atoms with Gasteiger partial charge in [0.1, 0.15) is 5.75 Å². The number of amides is 1. The second-order valence-corrected chi connectivity index (χ2v) is 11.6. The number of carbonyl (C=O) groups excluding carboxylic acids is 1. The number of benzene rings is 3. The Kier molecular flexibility index (Phi) is 9.31. The molecule has 0 aliphatic carbocycles. The zero-order chi connectivity index (χ0) is 27.1. The van der Waals surface area contributed by atoms with Crippen molar-refractivity contribution in [1.82, 2.24) is 10.6 Å². The number of carbonyl (C=O) groups is 1. The predicted octanol–water partition coefficient (Wildman–Crippen LogP) is 3.27. The van der Waals surface area contributed by atoms with Crippen molar-refractivity contribution < 1.29 is 23.4 Å². The maximum Gasteiger partial charge on any atom is 0.229 e. The minimum Gasteiger partial charge on any atom is -0.506 e. The first-order valence-electron chi connectivity index (χ1n) is 12.0. The molecule has 8 nitrogen and oxygen atoms in total. The Hall–Kier alpha value is -3.40. The van der Waals surface area contributed by atoms with E-state index in [-0.39, 0.29) is 35.8 Å². The Labute approximate surface area is 218 Å². The van der Waals surface area contributed by atoms with E-state index < -0.39 is 16.1 Å². The summed E-state index contributed by atoms with van der Waals surface area (Å²) in [5.41, 5.74) is 3.15. The lowest BCUT2D eigenvalue weighted by atomic mass is 9.93. The van der Waals surface area contributed by atoms with E-state index in [4.69, 9.17) is 0 Å². The number of aliphatic hydroxyl groups excluding tert-OH is 1. The SMILES string of the molecule is CC(C)(Cc1cccc(CC(=O)NCc2ccccc2)c1)NC[C@@H](O)c1ccc(O)c(NS(C)(=O)=O)c1. The first kappa shape index (κ1) is 28.2. The zero-order valence-electron chi connectivity index (χ0n) is 21.4. The van der Waals surface area contributed by atoms with E-state index in [1.807, 2.05) is 68.4 Å². The van der Waals surface area contributed by atoms with Crippen LogP contribution in [0.3, 0.4) is 0 Å². The lowest BCUT2D eigenvalue weighted by molar-refractivity contribution is -0.120. The summed E-state index contributed by atoms with van der Waals surface area (Å²) < 4.78 is 25.3. The van der Waals surface area contributed by atoms with Crippen molar-refractivity contribution in [2.75, 3.05) is 17.5 Å². The van der Waals surface area contributed by atoms with E-state index in [1.165, 1.54) is 12.1 Å². The van der Waals surface area contributed by atoms with Crippen LogP contribution in [-0.4, -0.2) is 42.9 Å². The number of phenols is 1. The molecule has 0 heterocycles. The average molecular weight is 526 g/mol. The average Bonchev–Trinajstić information content (AvgIpc) is 2.82. The molecule has 5 N–H and O–H groups in total. The van der Waals surface area contributed by atoms with Crippen molar-refractivity contribution in [1.29, 1.82) is 0 Å². The normalized spacial score (nSPS) is 12.6. The van der Waals surface area contributed by atoms with Crippen LogP contribution in [0.15, 0.2) is 72.8 Å². The summed E-state index contributed by atoms with van der Waals surface area (Å²) in [5.74, 6) is -0.261. The third kappa shape index (κ3) is 9.53. The van der Waals surface area contributed by atoms with Gasteiger partial charge in [-0.15, -0.1) is 0 Å². The van der Waals surface area contributed by atoms with Gasteiger partial charge in [0.15, 0.2) is 0 Å². The van der Waals surface area contributed by atoms with Crippen LogP contribution in [-0.2, 0) is 34.2 Å². The molecule has 0 saturated heterocycles. The molecule has 1 atom stereocenters. The van der Waals surface area contributed by atoms with Crippen LogP contribution in [0.2, 0.25) is 0 Å². The van der Waals surface area contributed by atoms with Crippen LogP contribution in [0.5, 0.6) is 5.75 Å². The Balaban J connectivity index is 1.55. The number of β-amino-alcohol motifs (C(OH)–C–C–N with tert-alkyl or cyclic N) is 1. The molecule has 3 rings (SSSR count). The number of phenolic OH excluding ortho intramolecular Hbond substituents is 1. The molecule has 0 fully saturated rings. The summed E-state index contributed by atoms with van der Waals surface area (Å²) in [6.45, 7) is 4.75. The molecule has 198 valence electrons. The van der Waals surface area contributed by atoms with Gasteiger partial charge in [-0.3, -0.25) is 9.52 Å². The van der Waals surface area contributed by atoms with Gasteiger partial charge in [-0.25, -0.2) is 8.42 Å². The van der Waals surface area contributed by atoms with Gasteiger partial charge in [0.05, 0.1) is 24.5 Å². The molecule has 0 bridgehead atoms. The molecule has 0 unspecified atom stereocenters. The summed E-state index contributed by atoms with van der Waals surface area (Å²) in [5, 5.41) is 26.9. The highest BCUT2D eigenvalue weighted by atomic mass is 32.2.